The van der Waals surface area contributed by atoms with E-state index in [1.165, 1.54) is 97.6 Å². The molecule has 5 aromatic rings. The van der Waals surface area contributed by atoms with Gasteiger partial charge in [-0.05, 0) is 139 Å². The zero-order valence-corrected chi connectivity index (χ0v) is 72.1. The number of unbranched alkanes of at least 4 members (excludes halogenated alkanes) is 2. The fourth-order valence-corrected chi connectivity index (χ4v) is 16.9. The van der Waals surface area contributed by atoms with Crippen LogP contribution in [0.5, 0.6) is 11.5 Å². The number of rotatable bonds is 40. The summed E-state index contributed by atoms with van der Waals surface area (Å²) >= 11 is 6.95. The van der Waals surface area contributed by atoms with Crippen LogP contribution in [0.3, 0.4) is 0 Å². The molecule has 4 bridgehead atoms. The highest BCUT2D eigenvalue weighted by atomic mass is 35.5. The second kappa shape index (κ2) is 44.8. The zero-order valence-electron chi connectivity index (χ0n) is 69.7. The number of aromatic amines is 1. The van der Waals surface area contributed by atoms with Gasteiger partial charge in [0.2, 0.25) is 47.5 Å². The first-order valence-electron chi connectivity index (χ1n) is 40.2. The topological polar surface area (TPSA) is 428 Å². The van der Waals surface area contributed by atoms with Gasteiger partial charge in [-0.1, -0.05) is 138 Å². The van der Waals surface area contributed by atoms with Gasteiger partial charge in [-0.25, -0.2) is 9.59 Å². The molecule has 0 unspecified atom stereocenters. The maximum absolute atomic E-state index is 15.4. The van der Waals surface area contributed by atoms with E-state index in [4.69, 9.17) is 41.0 Å². The molecule has 15 atom stereocenters. The summed E-state index contributed by atoms with van der Waals surface area (Å²) in [6.07, 6.45) is 0.192. The van der Waals surface area contributed by atoms with Crippen molar-refractivity contribution in [2.24, 2.45) is 11.7 Å². The molecule has 1 aromatic heterocycles. The highest BCUT2D eigenvalue weighted by molar-refractivity contribution is 8.76. The van der Waals surface area contributed by atoms with E-state index in [1.54, 1.807) is 68.4 Å². The lowest BCUT2D eigenvalue weighted by Crippen LogP contribution is -2.63. The summed E-state index contributed by atoms with van der Waals surface area (Å²) in [6, 6.07) is 18.3. The Balaban J connectivity index is 0.963. The van der Waals surface area contributed by atoms with Crippen LogP contribution in [0, 0.1) is 5.92 Å². The molecular weight excluding hydrogens is 1590 g/mol. The van der Waals surface area contributed by atoms with Gasteiger partial charge < -0.3 is 101 Å². The Morgan fingerprint density at radius 2 is 1.44 bits per heavy atom. The molecule has 0 saturated carbocycles. The highest BCUT2D eigenvalue weighted by Crippen LogP contribution is 2.49. The van der Waals surface area contributed by atoms with E-state index in [2.05, 4.69) is 36.9 Å². The van der Waals surface area contributed by atoms with Gasteiger partial charge in [0.05, 0.1) is 31.0 Å². The van der Waals surface area contributed by atoms with Crippen molar-refractivity contribution in [1.29, 1.82) is 0 Å². The number of amides is 9. The Morgan fingerprint density at radius 1 is 0.790 bits per heavy atom. The molecule has 0 aliphatic carbocycles. The molecule has 0 radical (unpaired) electrons. The molecule has 3 aliphatic heterocycles. The summed E-state index contributed by atoms with van der Waals surface area (Å²) in [6.45, 7) is 10.8. The number of nitrogens with two attached hydrogens (primary N) is 1. The van der Waals surface area contributed by atoms with Crippen molar-refractivity contribution >= 4 is 109 Å². The summed E-state index contributed by atoms with van der Waals surface area (Å²) in [4.78, 5) is 154. The lowest BCUT2D eigenvalue weighted by Gasteiger charge is -2.42. The number of epoxide rings is 1. The molecule has 2 fully saturated rings. The number of esters is 1. The number of hydrogen-bond acceptors (Lipinski definition) is 23. The van der Waals surface area contributed by atoms with Crippen molar-refractivity contribution in [1.82, 2.24) is 51.6 Å². The number of halogens is 1. The van der Waals surface area contributed by atoms with Crippen LogP contribution < -0.4 is 47.3 Å². The van der Waals surface area contributed by atoms with E-state index in [1.807, 2.05) is 74.5 Å². The Bertz CT molecular complexity index is 4370. The number of methoxy groups -OCH3 is 2. The number of ether oxygens (including phenoxy) is 5. The molecule has 31 nitrogen and oxygen atoms in total. The number of likely N-dealkylation sites (N-methyl/N-ethyl adjacent to an activating group) is 4. The zero-order chi connectivity index (χ0) is 87.0. The highest BCUT2D eigenvalue weighted by Gasteiger charge is 2.67. The number of H-pyrrole nitrogens is 1. The van der Waals surface area contributed by atoms with Crippen molar-refractivity contribution in [2.45, 2.75) is 209 Å². The summed E-state index contributed by atoms with van der Waals surface area (Å²) in [7, 11) is 11.6. The van der Waals surface area contributed by atoms with Gasteiger partial charge in [0.25, 0.3) is 5.91 Å². The first-order valence-corrected chi connectivity index (χ1v) is 43.0. The second-order valence-corrected chi connectivity index (χ2v) is 33.9. The maximum atomic E-state index is 15.4. The van der Waals surface area contributed by atoms with E-state index in [-0.39, 0.29) is 98.3 Å². The summed E-state index contributed by atoms with van der Waals surface area (Å²) in [5.74, 6) is -6.04. The Labute approximate surface area is 708 Å². The number of benzene rings is 4. The van der Waals surface area contributed by atoms with Crippen LogP contribution >= 0.6 is 33.2 Å². The first kappa shape index (κ1) is 95.2. The molecule has 34 heteroatoms. The third-order valence-corrected chi connectivity index (χ3v) is 24.8. The standard InChI is InChI=1S/C85H117ClN12O19S2/c1-13-14-38-98(39-41-119-118-40-36-70(101)95(8)52(4)82(110)116-74-81(109)97(10)66-45-56(46-67(113-11)72(66)86)42-50(2)23-22-29-69(114-12)85(112)48-68(115-83(111)94-85)51(3)73-84(74,6)117-73)71(102)35-34-65(96(9)80(108)64(88-7)44-54-24-16-15-17-25-54)79(107)92-62(43-55-30-32-58(100)33-31-55)77(105)91-63(47-57-49-89-60-27-19-18-26-59(57)60)78(106)90-61(28-20-21-37-87)76(104)93-75(103)53(5)99/h15-19,22-27,29-33,45-46,49,51-53,61-65,68-69,73-75,88-89,99-100,103,112H,13-14,20-21,28,34-44,47-48,87H2,1-12H3,(H,90,106)(H,91,105)(H,92,107)(H,93,104)(H,94,111)/b29-22+,50-23+/t51-,52+,53-,61+,62+,63-,64+,65+,68+,69-,73+,74+,75-,84-,85+/m1/s1. The number of nitrogens with zero attached hydrogens (tertiary/aromatic N) is 4. The second-order valence-electron chi connectivity index (χ2n) is 30.8. The number of aliphatic hydroxyl groups excluding tert-OH is 2. The number of allylic oxidation sites excluding steroid dienone is 3. The molecule has 3 aliphatic rings. The van der Waals surface area contributed by atoms with E-state index in [0.29, 0.717) is 54.7 Å². The van der Waals surface area contributed by atoms with Crippen LogP contribution in [0.2, 0.25) is 5.02 Å². The van der Waals surface area contributed by atoms with Gasteiger partial charge >= 0.3 is 12.1 Å². The summed E-state index contributed by atoms with van der Waals surface area (Å²) in [5.41, 5.74) is 6.76. The molecule has 2 saturated heterocycles. The Kier molecular flexibility index (Phi) is 35.9. The number of carbonyl (C=O) groups excluding carboxylic acids is 10. The number of aromatic nitrogens is 1. The third kappa shape index (κ3) is 25.9. The number of fused-ring (bicyclic) bond motifs is 6. The van der Waals surface area contributed by atoms with Crippen LogP contribution in [0.15, 0.2) is 121 Å². The minimum atomic E-state index is -1.94. The van der Waals surface area contributed by atoms with Crippen LogP contribution in [-0.2, 0) is 87.8 Å². The minimum absolute atomic E-state index is 0.0366. The number of carbonyl (C=O) groups is 10. The van der Waals surface area contributed by atoms with Crippen molar-refractivity contribution in [3.8, 4) is 11.5 Å². The van der Waals surface area contributed by atoms with Gasteiger partial charge in [-0.2, -0.15) is 0 Å². The average Bonchev–Trinajstić information content (AvgIpc) is 1.56. The Morgan fingerprint density at radius 3 is 2.11 bits per heavy atom. The van der Waals surface area contributed by atoms with Crippen molar-refractivity contribution < 1.29 is 92.1 Å². The van der Waals surface area contributed by atoms with E-state index in [9.17, 15) is 54.0 Å². The number of aliphatic hydroxyl groups is 3. The molecule has 4 aromatic carbocycles. The molecule has 119 heavy (non-hydrogen) atoms. The number of phenolic OH excluding ortho intramolecular Hbond substituents is 1. The Hall–Kier alpha value is -9.29. The monoisotopic (exact) mass is 1710 g/mol. The minimum Gasteiger partial charge on any atom is -0.508 e. The molecular formula is C85H117ClN12O19S2. The third-order valence-electron chi connectivity index (χ3n) is 22.0. The number of anilines is 1. The lowest BCUT2D eigenvalue weighted by atomic mass is 9.84. The van der Waals surface area contributed by atoms with E-state index in [0.717, 1.165) is 28.5 Å². The molecule has 4 heterocycles. The number of phenols is 1. The number of para-hydroxylation sites is 1. The van der Waals surface area contributed by atoms with Crippen LogP contribution in [-0.4, -0.2) is 257 Å². The van der Waals surface area contributed by atoms with Crippen LogP contribution in [0.4, 0.5) is 10.5 Å². The fraction of sp³-hybridized carbons (Fsp3) is 0.529. The lowest BCUT2D eigenvalue weighted by molar-refractivity contribution is -0.165. The van der Waals surface area contributed by atoms with Crippen molar-refractivity contribution in [3.63, 3.8) is 0 Å². The number of nitrogens with one attached hydrogen (secondary N) is 7. The van der Waals surface area contributed by atoms with Gasteiger partial charge in [0.1, 0.15) is 64.5 Å². The van der Waals surface area contributed by atoms with Crippen molar-refractivity contribution in [2.75, 3.05) is 78.5 Å². The molecule has 650 valence electrons. The summed E-state index contributed by atoms with van der Waals surface area (Å²) in [5, 5.41) is 60.1. The molecule has 9 amide bonds. The fourth-order valence-electron chi connectivity index (χ4n) is 14.6. The number of alkyl carbamates (subject to hydrolysis) is 1. The number of hydrogen-bond donors (Lipinski definition) is 12. The SMILES string of the molecule is CCCCN(CCSSCCC(=O)N(C)[C@@H](C)C(=O)O[C@H]1C(=O)N(C)c2cc(cc(OC)c2Cl)C/C(C)=C/C=C/[C@@H](OC)[C@@]2(O)C[C@H](OC(=O)N2)[C@@H](C)[C@@H]2O[C@@]12C)C(=O)CC[C@@H](C(=O)N[C@@H](Cc1ccc(O)cc1)C(=O)N[C@H](Cc1c[nH]c2ccccc12)C(=O)N[C@@H](CCCCN)C(=O)N[C@H](O)[C@@H](C)O)N(C)C(=O)[C@H](Cc1ccccc1)NC. The summed E-state index contributed by atoms with van der Waals surface area (Å²) < 4.78 is 29.7. The predicted octanol–water partition coefficient (Wildman–Crippen LogP) is 6.03. The maximum Gasteiger partial charge on any atom is 0.409 e. The molecule has 0 spiro atoms. The van der Waals surface area contributed by atoms with Crippen LogP contribution in [0.1, 0.15) is 122 Å². The molecule has 8 rings (SSSR count). The first-order chi connectivity index (χ1) is 56.7. The van der Waals surface area contributed by atoms with Gasteiger partial charge in [-0.15, -0.1) is 0 Å². The van der Waals surface area contributed by atoms with E-state index >= 15 is 14.4 Å². The average molecular weight is 1710 g/mol. The molecule has 13 N–H and O–H groups in total. The normalized spacial score (nSPS) is 21.9. The van der Waals surface area contributed by atoms with E-state index < -0.39 is 144 Å². The van der Waals surface area contributed by atoms with Crippen molar-refractivity contribution in [3.05, 3.63) is 148 Å². The van der Waals surface area contributed by atoms with Gasteiger partial charge in [0.15, 0.2) is 12.0 Å². The predicted molar refractivity (Wildman–Crippen MR) is 454 cm³/mol. The van der Waals surface area contributed by atoms with Crippen LogP contribution in [0.25, 0.3) is 10.9 Å². The van der Waals surface area contributed by atoms with Gasteiger partial charge in [-0.3, -0.25) is 43.7 Å². The quantitative estimate of drug-likeness (QED) is 0.00699. The smallest absolute Gasteiger partial charge is 0.409 e. The number of aromatic hydroxyl groups is 1. The van der Waals surface area contributed by atoms with Gasteiger partial charge in [0, 0.05) is 108 Å². The largest absolute Gasteiger partial charge is 0.508 e.